The van der Waals surface area contributed by atoms with E-state index in [0.717, 1.165) is 48.8 Å². The van der Waals surface area contributed by atoms with Crippen LogP contribution in [0.1, 0.15) is 39.0 Å². The third kappa shape index (κ3) is 3.98. The zero-order valence-corrected chi connectivity index (χ0v) is 16.1. The molecule has 3 aromatic rings. The normalized spacial score (nSPS) is 16.9. The van der Waals surface area contributed by atoms with E-state index in [1.54, 1.807) is 0 Å². The first-order valence-electron chi connectivity index (χ1n) is 10.1. The first-order chi connectivity index (χ1) is 13.4. The number of aryl methyl sites for hydroxylation is 2. The molecule has 4 rings (SSSR count). The minimum Gasteiger partial charge on any atom is -0.378 e. The van der Waals surface area contributed by atoms with E-state index >= 15 is 0 Å². The highest BCUT2D eigenvalue weighted by molar-refractivity contribution is 5.76. The van der Waals surface area contributed by atoms with Gasteiger partial charge in [-0.2, -0.15) is 0 Å². The number of rotatable bonds is 8. The molecule has 0 radical (unpaired) electrons. The molecule has 1 fully saturated rings. The van der Waals surface area contributed by atoms with Crippen molar-refractivity contribution in [2.75, 3.05) is 6.61 Å². The maximum atomic E-state index is 5.75. The molecule has 3 heterocycles. The number of benzene rings is 1. The Hall–Kier alpha value is -2.40. The molecule has 1 aliphatic rings. The Morgan fingerprint density at radius 1 is 1.11 bits per heavy atom. The van der Waals surface area contributed by atoms with Crippen molar-refractivity contribution in [1.29, 1.82) is 0 Å². The standard InChI is InChI=1S/C22H28N4O/c1-2-25-16-23-15-20(25)22-21(18-9-4-3-5-10-18)24-17-26(22)13-7-6-11-19-12-8-14-27-19/h3-5,9-10,15-17,19H,2,6-8,11-14H2,1H3/t19-/m1/s1. The molecule has 5 nitrogen and oxygen atoms in total. The van der Waals surface area contributed by atoms with Crippen molar-refractivity contribution in [3.05, 3.63) is 49.2 Å². The number of unbranched alkanes of at least 4 members (excludes halogenated alkanes) is 1. The number of ether oxygens (including phenoxy) is 1. The molecule has 0 unspecified atom stereocenters. The van der Waals surface area contributed by atoms with E-state index in [2.05, 4.69) is 45.3 Å². The summed E-state index contributed by atoms with van der Waals surface area (Å²) in [5.41, 5.74) is 4.48. The number of hydrogen-bond donors (Lipinski definition) is 0. The molecule has 0 aliphatic carbocycles. The maximum Gasteiger partial charge on any atom is 0.0979 e. The molecule has 0 N–H and O–H groups in total. The van der Waals surface area contributed by atoms with Crippen molar-refractivity contribution in [2.45, 2.75) is 58.2 Å². The minimum atomic E-state index is 0.480. The first-order valence-corrected chi connectivity index (χ1v) is 10.1. The summed E-state index contributed by atoms with van der Waals surface area (Å²) in [6.45, 7) is 4.96. The van der Waals surface area contributed by atoms with Gasteiger partial charge in [-0.15, -0.1) is 0 Å². The molecule has 0 amide bonds. The molecule has 1 saturated heterocycles. The lowest BCUT2D eigenvalue weighted by molar-refractivity contribution is 0.102. The Bertz CT molecular complexity index is 846. The summed E-state index contributed by atoms with van der Waals surface area (Å²) in [7, 11) is 0. The molecule has 0 saturated carbocycles. The van der Waals surface area contributed by atoms with Gasteiger partial charge in [-0.05, 0) is 39.0 Å². The van der Waals surface area contributed by atoms with Gasteiger partial charge < -0.3 is 13.9 Å². The SMILES string of the molecule is CCn1cncc1-c1c(-c2ccccc2)ncn1CCCC[C@@H]1CCCO1. The number of nitrogens with zero attached hydrogens (tertiary/aromatic N) is 4. The van der Waals surface area contributed by atoms with Crippen LogP contribution in [0.3, 0.4) is 0 Å². The lowest BCUT2D eigenvalue weighted by Crippen LogP contribution is -2.07. The average Bonchev–Trinajstić information content (AvgIpc) is 3.45. The fraction of sp³-hybridized carbons (Fsp3) is 0.455. The fourth-order valence-electron chi connectivity index (χ4n) is 3.92. The van der Waals surface area contributed by atoms with E-state index in [4.69, 9.17) is 9.72 Å². The number of aromatic nitrogens is 4. The lowest BCUT2D eigenvalue weighted by atomic mass is 10.1. The Labute approximate surface area is 161 Å². The van der Waals surface area contributed by atoms with Crippen LogP contribution >= 0.6 is 0 Å². The quantitative estimate of drug-likeness (QED) is 0.540. The molecule has 1 aliphatic heterocycles. The highest BCUT2D eigenvalue weighted by Gasteiger charge is 2.18. The highest BCUT2D eigenvalue weighted by atomic mass is 16.5. The third-order valence-electron chi connectivity index (χ3n) is 5.38. The Balaban J connectivity index is 1.56. The maximum absolute atomic E-state index is 5.75. The molecular weight excluding hydrogens is 336 g/mol. The smallest absolute Gasteiger partial charge is 0.0979 e. The highest BCUT2D eigenvalue weighted by Crippen LogP contribution is 2.31. The van der Waals surface area contributed by atoms with Gasteiger partial charge in [-0.3, -0.25) is 0 Å². The summed E-state index contributed by atoms with van der Waals surface area (Å²) in [5.74, 6) is 0. The van der Waals surface area contributed by atoms with Crippen LogP contribution in [0, 0.1) is 0 Å². The second-order valence-corrected chi connectivity index (χ2v) is 7.20. The van der Waals surface area contributed by atoms with Crippen LogP contribution in [0.4, 0.5) is 0 Å². The zero-order valence-electron chi connectivity index (χ0n) is 16.1. The Morgan fingerprint density at radius 3 is 2.78 bits per heavy atom. The van der Waals surface area contributed by atoms with Crippen LogP contribution in [-0.2, 0) is 17.8 Å². The van der Waals surface area contributed by atoms with Gasteiger partial charge in [0.1, 0.15) is 0 Å². The van der Waals surface area contributed by atoms with Crippen molar-refractivity contribution in [1.82, 2.24) is 19.1 Å². The summed E-state index contributed by atoms with van der Waals surface area (Å²) in [5, 5.41) is 0. The van der Waals surface area contributed by atoms with Gasteiger partial charge in [0, 0.05) is 25.3 Å². The van der Waals surface area contributed by atoms with Gasteiger partial charge >= 0.3 is 0 Å². The van der Waals surface area contributed by atoms with Gasteiger partial charge in [0.2, 0.25) is 0 Å². The van der Waals surface area contributed by atoms with Gasteiger partial charge in [-0.1, -0.05) is 30.3 Å². The fourth-order valence-corrected chi connectivity index (χ4v) is 3.92. The summed E-state index contributed by atoms with van der Waals surface area (Å²) in [4.78, 5) is 9.15. The van der Waals surface area contributed by atoms with E-state index in [1.807, 2.05) is 24.9 Å². The lowest BCUT2D eigenvalue weighted by Gasteiger charge is -2.13. The molecule has 142 valence electrons. The van der Waals surface area contributed by atoms with Crippen molar-refractivity contribution in [2.24, 2.45) is 0 Å². The summed E-state index contributed by atoms with van der Waals surface area (Å²) in [6.07, 6.45) is 12.3. The topological polar surface area (TPSA) is 44.9 Å². The van der Waals surface area contributed by atoms with E-state index in [-0.39, 0.29) is 0 Å². The predicted molar refractivity (Wildman–Crippen MR) is 107 cm³/mol. The van der Waals surface area contributed by atoms with Crippen LogP contribution in [0.2, 0.25) is 0 Å². The zero-order chi connectivity index (χ0) is 18.5. The first kappa shape index (κ1) is 18.0. The van der Waals surface area contributed by atoms with Crippen molar-refractivity contribution < 1.29 is 4.74 Å². The van der Waals surface area contributed by atoms with Crippen molar-refractivity contribution in [3.63, 3.8) is 0 Å². The second-order valence-electron chi connectivity index (χ2n) is 7.20. The largest absolute Gasteiger partial charge is 0.378 e. The van der Waals surface area contributed by atoms with Gasteiger partial charge in [0.05, 0.1) is 42.0 Å². The Kier molecular flexibility index (Phi) is 5.68. The van der Waals surface area contributed by atoms with E-state index in [0.29, 0.717) is 6.10 Å². The van der Waals surface area contributed by atoms with Crippen LogP contribution in [0.25, 0.3) is 22.6 Å². The molecule has 27 heavy (non-hydrogen) atoms. The molecule has 5 heteroatoms. The molecule has 0 bridgehead atoms. The van der Waals surface area contributed by atoms with Crippen LogP contribution in [-0.4, -0.2) is 31.8 Å². The Morgan fingerprint density at radius 2 is 2.00 bits per heavy atom. The summed E-state index contributed by atoms with van der Waals surface area (Å²) < 4.78 is 10.2. The van der Waals surface area contributed by atoms with Crippen molar-refractivity contribution >= 4 is 0 Å². The van der Waals surface area contributed by atoms with Crippen LogP contribution in [0.15, 0.2) is 49.2 Å². The third-order valence-corrected chi connectivity index (χ3v) is 5.38. The second kappa shape index (κ2) is 8.53. The number of hydrogen-bond acceptors (Lipinski definition) is 3. The van der Waals surface area contributed by atoms with E-state index in [1.165, 1.54) is 25.7 Å². The molecule has 2 aromatic heterocycles. The summed E-state index contributed by atoms with van der Waals surface area (Å²) in [6, 6.07) is 10.4. The molecule has 1 aromatic carbocycles. The van der Waals surface area contributed by atoms with Crippen LogP contribution in [0.5, 0.6) is 0 Å². The van der Waals surface area contributed by atoms with Crippen LogP contribution < -0.4 is 0 Å². The van der Waals surface area contributed by atoms with Gasteiger partial charge in [0.25, 0.3) is 0 Å². The monoisotopic (exact) mass is 364 g/mol. The molecular formula is C22H28N4O. The summed E-state index contributed by atoms with van der Waals surface area (Å²) >= 11 is 0. The minimum absolute atomic E-state index is 0.480. The van der Waals surface area contributed by atoms with E-state index in [9.17, 15) is 0 Å². The van der Waals surface area contributed by atoms with Gasteiger partial charge in [-0.25, -0.2) is 9.97 Å². The number of imidazole rings is 2. The van der Waals surface area contributed by atoms with Crippen molar-refractivity contribution in [3.8, 4) is 22.6 Å². The molecule has 1 atom stereocenters. The van der Waals surface area contributed by atoms with Gasteiger partial charge in [0.15, 0.2) is 0 Å². The predicted octanol–water partition coefficient (Wildman–Crippen LogP) is 4.78. The van der Waals surface area contributed by atoms with E-state index < -0.39 is 0 Å². The average molecular weight is 364 g/mol. The molecule has 0 spiro atoms.